The third kappa shape index (κ3) is 4.44. The van der Waals surface area contributed by atoms with E-state index in [2.05, 4.69) is 42.0 Å². The van der Waals surface area contributed by atoms with Crippen molar-refractivity contribution in [2.75, 3.05) is 0 Å². The van der Waals surface area contributed by atoms with Crippen molar-refractivity contribution in [3.05, 3.63) is 35.9 Å². The summed E-state index contributed by atoms with van der Waals surface area (Å²) >= 11 is 0. The van der Waals surface area contributed by atoms with Gasteiger partial charge in [-0.1, -0.05) is 30.3 Å². The Morgan fingerprint density at radius 2 is 1.67 bits per heavy atom. The SMILES string of the molecule is NNC(=O)NN.c1ccc(C2CC2)cc1. The van der Waals surface area contributed by atoms with Gasteiger partial charge in [0.15, 0.2) is 0 Å². The Balaban J connectivity index is 0.000000167. The molecule has 1 aliphatic carbocycles. The van der Waals surface area contributed by atoms with Crippen LogP contribution in [-0.4, -0.2) is 6.03 Å². The summed E-state index contributed by atoms with van der Waals surface area (Å²) in [5, 5.41) is 0. The van der Waals surface area contributed by atoms with Gasteiger partial charge < -0.3 is 0 Å². The quantitative estimate of drug-likeness (QED) is 0.309. The van der Waals surface area contributed by atoms with E-state index in [1.54, 1.807) is 10.9 Å². The highest BCUT2D eigenvalue weighted by atomic mass is 16.2. The van der Waals surface area contributed by atoms with E-state index >= 15 is 0 Å². The zero-order valence-electron chi connectivity index (χ0n) is 8.44. The van der Waals surface area contributed by atoms with Gasteiger partial charge >= 0.3 is 6.03 Å². The van der Waals surface area contributed by atoms with Crippen LogP contribution in [-0.2, 0) is 0 Å². The number of carbonyl (C=O) groups is 1. The van der Waals surface area contributed by atoms with Gasteiger partial charge in [0.25, 0.3) is 0 Å². The number of hydrazine groups is 2. The van der Waals surface area contributed by atoms with Gasteiger partial charge in [0, 0.05) is 0 Å². The van der Waals surface area contributed by atoms with E-state index in [0.717, 1.165) is 5.92 Å². The zero-order valence-corrected chi connectivity index (χ0v) is 8.44. The first-order chi connectivity index (χ1) is 7.27. The molecule has 1 aromatic carbocycles. The van der Waals surface area contributed by atoms with Crippen molar-refractivity contribution < 1.29 is 4.79 Å². The molecule has 0 radical (unpaired) electrons. The molecule has 5 nitrogen and oxygen atoms in total. The maximum Gasteiger partial charge on any atom is 0.343 e. The molecule has 6 N–H and O–H groups in total. The normalized spacial score (nSPS) is 13.5. The first kappa shape index (κ1) is 11.5. The number of hydrogen-bond donors (Lipinski definition) is 4. The molecule has 2 amide bonds. The summed E-state index contributed by atoms with van der Waals surface area (Å²) in [6.07, 6.45) is 2.81. The number of benzene rings is 1. The average Bonchev–Trinajstić information content (AvgIpc) is 3.14. The summed E-state index contributed by atoms with van der Waals surface area (Å²) in [7, 11) is 0. The lowest BCUT2D eigenvalue weighted by Gasteiger charge is -1.92. The van der Waals surface area contributed by atoms with E-state index in [-0.39, 0.29) is 0 Å². The lowest BCUT2D eigenvalue weighted by Crippen LogP contribution is -2.43. The van der Waals surface area contributed by atoms with Crippen molar-refractivity contribution in [3.63, 3.8) is 0 Å². The Morgan fingerprint density at radius 3 is 2.00 bits per heavy atom. The maximum absolute atomic E-state index is 9.71. The third-order valence-electron chi connectivity index (χ3n) is 2.11. The number of nitrogens with one attached hydrogen (secondary N) is 2. The van der Waals surface area contributed by atoms with Crippen molar-refractivity contribution in [1.29, 1.82) is 0 Å². The van der Waals surface area contributed by atoms with Gasteiger partial charge in [-0.3, -0.25) is 10.9 Å². The molecule has 1 fully saturated rings. The number of rotatable bonds is 1. The molecule has 0 atom stereocenters. The van der Waals surface area contributed by atoms with E-state index in [0.29, 0.717) is 0 Å². The molecule has 2 rings (SSSR count). The minimum absolute atomic E-state index is 0.602. The smallest absolute Gasteiger partial charge is 0.275 e. The van der Waals surface area contributed by atoms with Crippen LogP contribution in [0.5, 0.6) is 0 Å². The Morgan fingerprint density at radius 1 is 1.13 bits per heavy atom. The lowest BCUT2D eigenvalue weighted by molar-refractivity contribution is 0.241. The fourth-order valence-electron chi connectivity index (χ4n) is 1.18. The molecule has 0 unspecified atom stereocenters. The number of amides is 2. The van der Waals surface area contributed by atoms with Gasteiger partial charge in [-0.05, 0) is 24.3 Å². The molecule has 0 spiro atoms. The summed E-state index contributed by atoms with van der Waals surface area (Å²) in [5.41, 5.74) is 5.00. The standard InChI is InChI=1S/C9H10.CH6N4O/c1-2-4-8(5-3-1)9-6-7-9;2-4-1(6)5-3/h1-5,9H,6-7H2;2-3H2,(H2,4,5,6). The van der Waals surface area contributed by atoms with Crippen LogP contribution in [0.1, 0.15) is 24.3 Å². The monoisotopic (exact) mass is 208 g/mol. The molecular formula is C10H16N4O. The number of urea groups is 1. The third-order valence-corrected chi connectivity index (χ3v) is 2.11. The van der Waals surface area contributed by atoms with Crippen molar-refractivity contribution in [1.82, 2.24) is 10.9 Å². The van der Waals surface area contributed by atoms with E-state index in [4.69, 9.17) is 0 Å². The number of nitrogens with two attached hydrogens (primary N) is 2. The summed E-state index contributed by atoms with van der Waals surface area (Å²) < 4.78 is 0. The van der Waals surface area contributed by atoms with Gasteiger partial charge in [-0.25, -0.2) is 16.5 Å². The van der Waals surface area contributed by atoms with Crippen LogP contribution in [0.3, 0.4) is 0 Å². The topological polar surface area (TPSA) is 93.2 Å². The van der Waals surface area contributed by atoms with E-state index < -0.39 is 6.03 Å². The Hall–Kier alpha value is -1.59. The van der Waals surface area contributed by atoms with Crippen LogP contribution in [0.2, 0.25) is 0 Å². The highest BCUT2D eigenvalue weighted by molar-refractivity contribution is 5.72. The highest BCUT2D eigenvalue weighted by Gasteiger charge is 2.22. The summed E-state index contributed by atoms with van der Waals surface area (Å²) in [5.74, 6) is 9.99. The fraction of sp³-hybridized carbons (Fsp3) is 0.300. The van der Waals surface area contributed by atoms with Gasteiger partial charge in [0.2, 0.25) is 0 Å². The van der Waals surface area contributed by atoms with E-state index in [1.165, 1.54) is 18.4 Å². The van der Waals surface area contributed by atoms with Crippen LogP contribution in [0.25, 0.3) is 0 Å². The molecule has 15 heavy (non-hydrogen) atoms. The van der Waals surface area contributed by atoms with Crippen molar-refractivity contribution in [2.24, 2.45) is 11.7 Å². The average molecular weight is 208 g/mol. The van der Waals surface area contributed by atoms with Crippen LogP contribution in [0.15, 0.2) is 30.3 Å². The molecule has 0 bridgehead atoms. The molecule has 0 heterocycles. The predicted molar refractivity (Wildman–Crippen MR) is 58.5 cm³/mol. The minimum Gasteiger partial charge on any atom is -0.275 e. The molecule has 82 valence electrons. The summed E-state index contributed by atoms with van der Waals surface area (Å²) in [4.78, 5) is 9.71. The predicted octanol–water partition coefficient (Wildman–Crippen LogP) is 0.597. The van der Waals surface area contributed by atoms with E-state index in [1.807, 2.05) is 0 Å². The summed E-state index contributed by atoms with van der Waals surface area (Å²) in [6, 6.07) is 10.2. The van der Waals surface area contributed by atoms with Gasteiger partial charge in [-0.15, -0.1) is 0 Å². The van der Waals surface area contributed by atoms with Gasteiger partial charge in [-0.2, -0.15) is 0 Å². The lowest BCUT2D eigenvalue weighted by atomic mass is 10.1. The fourth-order valence-corrected chi connectivity index (χ4v) is 1.18. The Labute approximate surface area is 88.8 Å². The largest absolute Gasteiger partial charge is 0.343 e. The van der Waals surface area contributed by atoms with Gasteiger partial charge in [0.1, 0.15) is 0 Å². The molecule has 1 aromatic rings. The zero-order chi connectivity index (χ0) is 11.1. The van der Waals surface area contributed by atoms with Crippen LogP contribution in [0, 0.1) is 0 Å². The summed E-state index contributed by atoms with van der Waals surface area (Å²) in [6.45, 7) is 0. The number of carbonyl (C=O) groups excluding carboxylic acids is 1. The maximum atomic E-state index is 9.71. The second-order valence-corrected chi connectivity index (χ2v) is 3.30. The second kappa shape index (κ2) is 6.00. The Bertz CT molecular complexity index is 292. The molecule has 1 aliphatic rings. The molecule has 0 aromatic heterocycles. The molecule has 0 saturated heterocycles. The van der Waals surface area contributed by atoms with Crippen LogP contribution >= 0.6 is 0 Å². The van der Waals surface area contributed by atoms with E-state index in [9.17, 15) is 4.79 Å². The van der Waals surface area contributed by atoms with Crippen LogP contribution < -0.4 is 22.5 Å². The first-order valence-corrected chi connectivity index (χ1v) is 4.80. The van der Waals surface area contributed by atoms with Crippen molar-refractivity contribution in [2.45, 2.75) is 18.8 Å². The van der Waals surface area contributed by atoms with Crippen LogP contribution in [0.4, 0.5) is 4.79 Å². The Kier molecular flexibility index (Phi) is 4.59. The molecule has 1 saturated carbocycles. The highest BCUT2D eigenvalue weighted by Crippen LogP contribution is 2.39. The van der Waals surface area contributed by atoms with Crippen molar-refractivity contribution >= 4 is 6.03 Å². The molecule has 5 heteroatoms. The first-order valence-electron chi connectivity index (χ1n) is 4.80. The molecule has 0 aliphatic heterocycles. The van der Waals surface area contributed by atoms with Gasteiger partial charge in [0.05, 0.1) is 0 Å². The minimum atomic E-state index is -0.602. The molecular weight excluding hydrogens is 192 g/mol. The second-order valence-electron chi connectivity index (χ2n) is 3.30. The van der Waals surface area contributed by atoms with Crippen molar-refractivity contribution in [3.8, 4) is 0 Å². The number of hydrogen-bond acceptors (Lipinski definition) is 3.